The van der Waals surface area contributed by atoms with Crippen LogP contribution in [0.25, 0.3) is 0 Å². The van der Waals surface area contributed by atoms with Gasteiger partial charge in [-0.25, -0.2) is 4.39 Å². The number of benzene rings is 1. The van der Waals surface area contributed by atoms with E-state index in [1.165, 1.54) is 29.5 Å². The molecule has 0 aliphatic carbocycles. The summed E-state index contributed by atoms with van der Waals surface area (Å²) in [5.74, 6) is -0.407. The lowest BCUT2D eigenvalue weighted by Gasteiger charge is -2.10. The lowest BCUT2D eigenvalue weighted by atomic mass is 10.1. The SMILES string of the molecule is Cc1sc(C(O)c2cc(F)ccc2Cl)cc1Br. The van der Waals surface area contributed by atoms with E-state index in [-0.39, 0.29) is 0 Å². The van der Waals surface area contributed by atoms with E-state index >= 15 is 0 Å². The van der Waals surface area contributed by atoms with Gasteiger partial charge in [0.05, 0.1) is 0 Å². The standard InChI is InChI=1S/C12H9BrClFOS/c1-6-9(13)5-11(17-6)12(16)8-4-7(15)2-3-10(8)14/h2-5,12,16H,1H3. The summed E-state index contributed by atoms with van der Waals surface area (Å²) in [4.78, 5) is 1.80. The van der Waals surface area contributed by atoms with Crippen LogP contribution in [0, 0.1) is 12.7 Å². The summed E-state index contributed by atoms with van der Waals surface area (Å²) in [7, 11) is 0. The molecule has 1 aromatic heterocycles. The molecule has 0 amide bonds. The molecule has 0 aliphatic heterocycles. The molecule has 5 heteroatoms. The normalized spacial score (nSPS) is 12.8. The Morgan fingerprint density at radius 1 is 1.41 bits per heavy atom. The van der Waals surface area contributed by atoms with E-state index in [4.69, 9.17) is 11.6 Å². The summed E-state index contributed by atoms with van der Waals surface area (Å²) in [5.41, 5.74) is 0.389. The number of hydrogen-bond donors (Lipinski definition) is 1. The van der Waals surface area contributed by atoms with E-state index in [1.807, 2.05) is 13.0 Å². The van der Waals surface area contributed by atoms with Gasteiger partial charge in [-0.05, 0) is 47.1 Å². The maximum absolute atomic E-state index is 13.1. The summed E-state index contributed by atoms with van der Waals surface area (Å²) in [6.07, 6.45) is -0.895. The number of aryl methyl sites for hydroxylation is 1. The molecule has 0 spiro atoms. The molecule has 0 aliphatic rings. The van der Waals surface area contributed by atoms with Crippen molar-refractivity contribution in [3.63, 3.8) is 0 Å². The third-order valence-corrected chi connectivity index (χ3v) is 4.93. The van der Waals surface area contributed by atoms with Crippen molar-refractivity contribution in [1.29, 1.82) is 0 Å². The first kappa shape index (κ1) is 13.0. The summed E-state index contributed by atoms with van der Waals surface area (Å²) < 4.78 is 14.1. The predicted octanol–water partition coefficient (Wildman–Crippen LogP) is 4.69. The highest BCUT2D eigenvalue weighted by atomic mass is 79.9. The first-order valence-electron chi connectivity index (χ1n) is 4.88. The molecule has 17 heavy (non-hydrogen) atoms. The Bertz CT molecular complexity index is 536. The highest BCUT2D eigenvalue weighted by molar-refractivity contribution is 9.10. The lowest BCUT2D eigenvalue weighted by molar-refractivity contribution is 0.223. The van der Waals surface area contributed by atoms with Gasteiger partial charge in [0.1, 0.15) is 11.9 Å². The average molecular weight is 336 g/mol. The number of aliphatic hydroxyl groups is 1. The molecule has 1 atom stereocenters. The highest BCUT2D eigenvalue weighted by Crippen LogP contribution is 2.36. The van der Waals surface area contributed by atoms with Gasteiger partial charge in [-0.1, -0.05) is 11.6 Å². The fraction of sp³-hybridized carbons (Fsp3) is 0.167. The molecule has 2 aromatic rings. The molecule has 0 saturated heterocycles. The third kappa shape index (κ3) is 2.71. The van der Waals surface area contributed by atoms with Crippen LogP contribution in [0.4, 0.5) is 4.39 Å². The van der Waals surface area contributed by atoms with Crippen LogP contribution in [0.15, 0.2) is 28.7 Å². The molecule has 0 bridgehead atoms. The maximum Gasteiger partial charge on any atom is 0.123 e. The Balaban J connectivity index is 2.42. The largest absolute Gasteiger partial charge is 0.383 e. The van der Waals surface area contributed by atoms with Crippen LogP contribution in [-0.2, 0) is 0 Å². The average Bonchev–Trinajstić information content (AvgIpc) is 2.62. The van der Waals surface area contributed by atoms with Gasteiger partial charge in [0, 0.05) is 24.8 Å². The molecular weight excluding hydrogens is 327 g/mol. The van der Waals surface area contributed by atoms with E-state index < -0.39 is 11.9 Å². The van der Waals surface area contributed by atoms with Crippen LogP contribution < -0.4 is 0 Å². The Kier molecular flexibility index (Phi) is 3.88. The van der Waals surface area contributed by atoms with Gasteiger partial charge in [0.15, 0.2) is 0 Å². The number of hydrogen-bond acceptors (Lipinski definition) is 2. The quantitative estimate of drug-likeness (QED) is 0.844. The van der Waals surface area contributed by atoms with Crippen LogP contribution in [0.3, 0.4) is 0 Å². The third-order valence-electron chi connectivity index (χ3n) is 2.40. The van der Waals surface area contributed by atoms with Crippen LogP contribution in [0.5, 0.6) is 0 Å². The molecule has 1 N–H and O–H groups in total. The molecule has 1 heterocycles. The molecule has 2 rings (SSSR count). The topological polar surface area (TPSA) is 20.2 Å². The second-order valence-electron chi connectivity index (χ2n) is 3.62. The molecule has 0 radical (unpaired) electrons. The van der Waals surface area contributed by atoms with Crippen LogP contribution in [0.1, 0.15) is 21.4 Å². The highest BCUT2D eigenvalue weighted by Gasteiger charge is 2.17. The Morgan fingerprint density at radius 2 is 2.12 bits per heavy atom. The van der Waals surface area contributed by atoms with Gasteiger partial charge in [-0.15, -0.1) is 11.3 Å². The van der Waals surface area contributed by atoms with E-state index in [1.54, 1.807) is 0 Å². The fourth-order valence-electron chi connectivity index (χ4n) is 1.49. The molecule has 1 nitrogen and oxygen atoms in total. The summed E-state index contributed by atoms with van der Waals surface area (Å²) in [6.45, 7) is 1.94. The van der Waals surface area contributed by atoms with Crippen LogP contribution in [-0.4, -0.2) is 5.11 Å². The van der Waals surface area contributed by atoms with Gasteiger partial charge >= 0.3 is 0 Å². The Hall–Kier alpha value is -0.420. The minimum absolute atomic E-state index is 0.362. The zero-order valence-corrected chi connectivity index (χ0v) is 12.0. The van der Waals surface area contributed by atoms with Crippen molar-refractivity contribution in [3.8, 4) is 0 Å². The van der Waals surface area contributed by atoms with Crippen molar-refractivity contribution in [3.05, 3.63) is 54.9 Å². The van der Waals surface area contributed by atoms with E-state index in [9.17, 15) is 9.50 Å². The first-order valence-corrected chi connectivity index (χ1v) is 6.86. The van der Waals surface area contributed by atoms with Gasteiger partial charge < -0.3 is 5.11 Å². The number of aliphatic hydroxyl groups excluding tert-OH is 1. The zero-order chi connectivity index (χ0) is 12.6. The maximum atomic E-state index is 13.1. The van der Waals surface area contributed by atoms with Crippen molar-refractivity contribution >= 4 is 38.9 Å². The minimum Gasteiger partial charge on any atom is -0.383 e. The lowest BCUT2D eigenvalue weighted by Crippen LogP contribution is -1.98. The van der Waals surface area contributed by atoms with Crippen molar-refractivity contribution in [2.45, 2.75) is 13.0 Å². The smallest absolute Gasteiger partial charge is 0.123 e. The number of rotatable bonds is 2. The van der Waals surface area contributed by atoms with Gasteiger partial charge in [-0.3, -0.25) is 0 Å². The minimum atomic E-state index is -0.895. The molecule has 1 unspecified atom stereocenters. The fourth-order valence-corrected chi connectivity index (χ4v) is 3.28. The van der Waals surface area contributed by atoms with Gasteiger partial charge in [0.2, 0.25) is 0 Å². The van der Waals surface area contributed by atoms with Gasteiger partial charge in [-0.2, -0.15) is 0 Å². The molecule has 90 valence electrons. The van der Waals surface area contributed by atoms with E-state index in [0.29, 0.717) is 10.6 Å². The predicted molar refractivity (Wildman–Crippen MR) is 72.2 cm³/mol. The Labute approximate surface area is 116 Å². The Morgan fingerprint density at radius 3 is 2.71 bits per heavy atom. The van der Waals surface area contributed by atoms with Crippen molar-refractivity contribution in [1.82, 2.24) is 0 Å². The number of thiophene rings is 1. The molecule has 0 fully saturated rings. The molecule has 1 aromatic carbocycles. The summed E-state index contributed by atoms with van der Waals surface area (Å²) in [5, 5.41) is 10.5. The zero-order valence-electron chi connectivity index (χ0n) is 8.88. The summed E-state index contributed by atoms with van der Waals surface area (Å²) >= 11 is 10.8. The molecule has 0 saturated carbocycles. The van der Waals surface area contributed by atoms with Crippen molar-refractivity contribution in [2.24, 2.45) is 0 Å². The van der Waals surface area contributed by atoms with Crippen LogP contribution in [0.2, 0.25) is 5.02 Å². The van der Waals surface area contributed by atoms with E-state index in [0.717, 1.165) is 14.2 Å². The van der Waals surface area contributed by atoms with E-state index in [2.05, 4.69) is 15.9 Å². The van der Waals surface area contributed by atoms with Crippen molar-refractivity contribution in [2.75, 3.05) is 0 Å². The second kappa shape index (κ2) is 5.06. The molecular formula is C12H9BrClFOS. The summed E-state index contributed by atoms with van der Waals surface area (Å²) in [6, 6.07) is 5.81. The van der Waals surface area contributed by atoms with Gasteiger partial charge in [0.25, 0.3) is 0 Å². The number of halogens is 3. The monoisotopic (exact) mass is 334 g/mol. The first-order chi connectivity index (χ1) is 7.99. The second-order valence-corrected chi connectivity index (χ2v) is 6.17. The van der Waals surface area contributed by atoms with Crippen LogP contribution >= 0.6 is 38.9 Å². The van der Waals surface area contributed by atoms with Crippen molar-refractivity contribution < 1.29 is 9.50 Å².